The second kappa shape index (κ2) is 16.9. The number of hydrogen-bond donors (Lipinski definition) is 9. The van der Waals surface area contributed by atoms with Crippen molar-refractivity contribution in [1.29, 1.82) is 0 Å². The molecule has 9 N–H and O–H groups in total. The number of phenols is 3. The first kappa shape index (κ1) is 38.3. The van der Waals surface area contributed by atoms with E-state index >= 15 is 0 Å². The van der Waals surface area contributed by atoms with Crippen LogP contribution in [0.1, 0.15) is 11.1 Å². The lowest BCUT2D eigenvalue weighted by Gasteiger charge is -2.42. The van der Waals surface area contributed by atoms with E-state index < -0.39 is 98.1 Å². The molecule has 10 atom stereocenters. The Morgan fingerprint density at radius 1 is 0.660 bits per heavy atom. The number of ether oxygens (including phenoxy) is 7. The number of carbonyl (C=O) groups excluding carboxylic acids is 2. The van der Waals surface area contributed by atoms with Crippen LogP contribution in [0.4, 0.5) is 0 Å². The standard InChI is InChI=1S/C32H38O18/c1-44-18-10-14(3-6-16(18)33)4-7-22(35)46-12-20-25(38)27(40)29(42)31(48-20)47-13-21-26(39)28(41)30(43)32(49-21)50-23(36)8-5-15-9-17(34)24(37)19(11-15)45-2/h3-11,20-21,25-34,37-43H,12-13H2,1-2H3/b7-4+,8-5+/t20-,21-,25-,26-,27+,28+,29-,30-,31-,32+/m1/s1. The molecule has 18 nitrogen and oxygen atoms in total. The summed E-state index contributed by atoms with van der Waals surface area (Å²) in [4.78, 5) is 24.8. The molecule has 0 aliphatic carbocycles. The van der Waals surface area contributed by atoms with Gasteiger partial charge in [-0.3, -0.25) is 0 Å². The second-order valence-corrected chi connectivity index (χ2v) is 11.1. The van der Waals surface area contributed by atoms with Gasteiger partial charge in [0.15, 0.2) is 29.3 Å². The Labute approximate surface area is 284 Å². The van der Waals surface area contributed by atoms with E-state index in [0.717, 1.165) is 18.2 Å². The van der Waals surface area contributed by atoms with Crippen molar-refractivity contribution < 1.29 is 88.7 Å². The highest BCUT2D eigenvalue weighted by molar-refractivity contribution is 5.88. The summed E-state index contributed by atoms with van der Waals surface area (Å²) in [7, 11) is 2.61. The van der Waals surface area contributed by atoms with Gasteiger partial charge in [-0.2, -0.15) is 0 Å². The van der Waals surface area contributed by atoms with E-state index in [1.54, 1.807) is 0 Å². The van der Waals surface area contributed by atoms with Gasteiger partial charge in [-0.25, -0.2) is 9.59 Å². The molecule has 2 aromatic carbocycles. The highest BCUT2D eigenvalue weighted by Crippen LogP contribution is 2.36. The molecule has 18 heteroatoms. The molecule has 0 radical (unpaired) electrons. The number of methoxy groups -OCH3 is 2. The van der Waals surface area contributed by atoms with Crippen molar-refractivity contribution in [2.75, 3.05) is 27.4 Å². The van der Waals surface area contributed by atoms with Crippen molar-refractivity contribution >= 4 is 24.1 Å². The lowest BCUT2D eigenvalue weighted by atomic mass is 9.98. The predicted octanol–water partition coefficient (Wildman–Crippen LogP) is -1.73. The third-order valence-electron chi connectivity index (χ3n) is 7.71. The normalized spacial score (nSPS) is 29.9. The Bertz CT molecular complexity index is 1540. The lowest BCUT2D eigenvalue weighted by molar-refractivity contribution is -0.326. The van der Waals surface area contributed by atoms with Gasteiger partial charge in [-0.05, 0) is 47.5 Å². The minimum atomic E-state index is -1.91. The molecule has 2 aliphatic rings. The molecule has 0 unspecified atom stereocenters. The van der Waals surface area contributed by atoms with Crippen molar-refractivity contribution in [3.63, 3.8) is 0 Å². The van der Waals surface area contributed by atoms with Gasteiger partial charge in [0.25, 0.3) is 0 Å². The Balaban J connectivity index is 1.33. The molecule has 0 amide bonds. The van der Waals surface area contributed by atoms with E-state index in [1.807, 2.05) is 0 Å². The third kappa shape index (κ3) is 9.18. The number of aliphatic hydroxyl groups excluding tert-OH is 6. The monoisotopic (exact) mass is 710 g/mol. The first-order valence-corrected chi connectivity index (χ1v) is 15.0. The van der Waals surface area contributed by atoms with Crippen LogP contribution < -0.4 is 9.47 Å². The molecule has 0 spiro atoms. The van der Waals surface area contributed by atoms with E-state index in [2.05, 4.69) is 0 Å². The maximum atomic E-state index is 12.5. The quantitative estimate of drug-likeness (QED) is 0.0672. The maximum Gasteiger partial charge on any atom is 0.333 e. The predicted molar refractivity (Wildman–Crippen MR) is 165 cm³/mol. The molecule has 0 bridgehead atoms. The van der Waals surface area contributed by atoms with Crippen LogP contribution in [0, 0.1) is 0 Å². The highest BCUT2D eigenvalue weighted by atomic mass is 16.7. The number of aromatic hydroxyl groups is 3. The average molecular weight is 711 g/mol. The zero-order valence-corrected chi connectivity index (χ0v) is 26.6. The molecule has 2 saturated heterocycles. The van der Waals surface area contributed by atoms with Crippen LogP contribution in [-0.2, 0) is 33.3 Å². The number of hydrogen-bond acceptors (Lipinski definition) is 18. The van der Waals surface area contributed by atoms with Gasteiger partial charge in [0.2, 0.25) is 12.0 Å². The number of carbonyl (C=O) groups is 2. The van der Waals surface area contributed by atoms with Crippen LogP contribution in [0.15, 0.2) is 42.5 Å². The molecule has 0 saturated carbocycles. The van der Waals surface area contributed by atoms with Gasteiger partial charge in [-0.1, -0.05) is 6.07 Å². The van der Waals surface area contributed by atoms with Gasteiger partial charge in [0, 0.05) is 12.2 Å². The summed E-state index contributed by atoms with van der Waals surface area (Å²) in [6.07, 6.45) is -12.9. The highest BCUT2D eigenvalue weighted by Gasteiger charge is 2.48. The zero-order valence-electron chi connectivity index (χ0n) is 26.6. The number of benzene rings is 2. The van der Waals surface area contributed by atoms with E-state index in [1.165, 1.54) is 50.6 Å². The van der Waals surface area contributed by atoms with E-state index in [-0.39, 0.29) is 22.8 Å². The SMILES string of the molecule is COc1cc(/C=C/C(=O)OC[C@H]2O[C@@H](OC[C@H]3O[C@@H](OC(=O)/C=C/c4cc(O)c(O)c(OC)c4)[C@H](O)[C@@H](O)[C@@H]3O)[C@H](O)[C@@H](O)[C@@H]2O)ccc1O. The summed E-state index contributed by atoms with van der Waals surface area (Å²) in [5.41, 5.74) is 0.714. The average Bonchev–Trinajstić information content (AvgIpc) is 3.10. The molecule has 274 valence electrons. The zero-order chi connectivity index (χ0) is 36.7. The number of rotatable bonds is 12. The molecular formula is C32H38O18. The van der Waals surface area contributed by atoms with Crippen molar-refractivity contribution in [3.8, 4) is 28.7 Å². The smallest absolute Gasteiger partial charge is 0.333 e. The van der Waals surface area contributed by atoms with Gasteiger partial charge in [0.1, 0.15) is 55.4 Å². The Hall–Kier alpha value is -4.50. The topological polar surface area (TPSA) is 281 Å². The maximum absolute atomic E-state index is 12.5. The summed E-state index contributed by atoms with van der Waals surface area (Å²) in [6.45, 7) is -1.26. The fourth-order valence-electron chi connectivity index (χ4n) is 4.89. The molecule has 2 aliphatic heterocycles. The van der Waals surface area contributed by atoms with Gasteiger partial charge in [-0.15, -0.1) is 0 Å². The van der Waals surface area contributed by atoms with Crippen molar-refractivity contribution in [2.24, 2.45) is 0 Å². The van der Waals surface area contributed by atoms with Gasteiger partial charge in [0.05, 0.1) is 20.8 Å². The molecule has 0 aromatic heterocycles. The van der Waals surface area contributed by atoms with E-state index in [9.17, 15) is 55.5 Å². The molecule has 4 rings (SSSR count). The van der Waals surface area contributed by atoms with Crippen molar-refractivity contribution in [1.82, 2.24) is 0 Å². The second-order valence-electron chi connectivity index (χ2n) is 11.1. The van der Waals surface area contributed by atoms with Crippen LogP contribution >= 0.6 is 0 Å². The number of phenolic OH excluding ortho intramolecular Hbond substituents is 3. The number of esters is 2. The molecule has 50 heavy (non-hydrogen) atoms. The molecule has 2 fully saturated rings. The summed E-state index contributed by atoms with van der Waals surface area (Å²) >= 11 is 0. The summed E-state index contributed by atoms with van der Waals surface area (Å²) in [6, 6.07) is 6.77. The fourth-order valence-corrected chi connectivity index (χ4v) is 4.89. The van der Waals surface area contributed by atoms with Crippen LogP contribution in [0.2, 0.25) is 0 Å². The van der Waals surface area contributed by atoms with Gasteiger partial charge < -0.3 is 79.1 Å². The van der Waals surface area contributed by atoms with Gasteiger partial charge >= 0.3 is 11.9 Å². The van der Waals surface area contributed by atoms with Crippen LogP contribution in [0.3, 0.4) is 0 Å². The first-order valence-electron chi connectivity index (χ1n) is 15.0. The number of aliphatic hydroxyl groups is 6. The third-order valence-corrected chi connectivity index (χ3v) is 7.71. The Morgan fingerprint density at radius 3 is 1.88 bits per heavy atom. The summed E-state index contributed by atoms with van der Waals surface area (Å²) in [5, 5.41) is 91.6. The minimum absolute atomic E-state index is 0.0776. The Kier molecular flexibility index (Phi) is 13.0. The minimum Gasteiger partial charge on any atom is -0.504 e. The molecule has 2 heterocycles. The molecule has 2 aromatic rings. The van der Waals surface area contributed by atoms with Crippen LogP contribution in [0.5, 0.6) is 28.7 Å². The van der Waals surface area contributed by atoms with Crippen LogP contribution in [-0.4, -0.2) is 147 Å². The fraction of sp³-hybridized carbons (Fsp3) is 0.438. The van der Waals surface area contributed by atoms with E-state index in [0.29, 0.717) is 5.56 Å². The lowest BCUT2D eigenvalue weighted by Crippen LogP contribution is -2.62. The summed E-state index contributed by atoms with van der Waals surface area (Å²) in [5.74, 6) is -2.99. The first-order chi connectivity index (χ1) is 23.7. The van der Waals surface area contributed by atoms with Crippen molar-refractivity contribution in [3.05, 3.63) is 53.6 Å². The largest absolute Gasteiger partial charge is 0.504 e. The molecular weight excluding hydrogens is 672 g/mol. The van der Waals surface area contributed by atoms with E-state index in [4.69, 9.17) is 33.2 Å². The van der Waals surface area contributed by atoms with Crippen molar-refractivity contribution in [2.45, 2.75) is 61.4 Å². The van der Waals surface area contributed by atoms with Crippen LogP contribution in [0.25, 0.3) is 12.2 Å². The Morgan fingerprint density at radius 2 is 1.22 bits per heavy atom. The summed E-state index contributed by atoms with van der Waals surface area (Å²) < 4.78 is 36.5.